The van der Waals surface area contributed by atoms with Gasteiger partial charge in [0, 0.05) is 36.6 Å². The smallest absolute Gasteiger partial charge is 0.231 e. The monoisotopic (exact) mass is 492 g/mol. The maximum absolute atomic E-state index is 9.23. The molecule has 0 bridgehead atoms. The number of hydrogen-bond donors (Lipinski definition) is 3. The topological polar surface area (TPSA) is 147 Å². The number of ether oxygens (including phenoxy) is 2. The predicted molar refractivity (Wildman–Crippen MR) is 131 cm³/mol. The van der Waals surface area contributed by atoms with Crippen LogP contribution in [0.5, 0.6) is 11.8 Å². The summed E-state index contributed by atoms with van der Waals surface area (Å²) in [6.45, 7) is 2.79. The largest absolute Gasteiger partial charge is 0.481 e. The molecule has 0 aromatic carbocycles. The number of aromatic amines is 1. The highest BCUT2D eigenvalue weighted by molar-refractivity contribution is 5.65. The van der Waals surface area contributed by atoms with Crippen molar-refractivity contribution in [2.75, 3.05) is 37.1 Å². The van der Waals surface area contributed by atoms with Gasteiger partial charge in [0.15, 0.2) is 11.6 Å². The number of nitrogens with one attached hydrogen (secondary N) is 2. The quantitative estimate of drug-likeness (QED) is 0.299. The maximum Gasteiger partial charge on any atom is 0.231 e. The molecule has 1 fully saturated rings. The molecule has 1 atom stereocenters. The summed E-state index contributed by atoms with van der Waals surface area (Å²) in [5, 5.41) is 24.0. The van der Waals surface area contributed by atoms with Gasteiger partial charge in [-0.3, -0.25) is 5.10 Å². The van der Waals surface area contributed by atoms with Gasteiger partial charge >= 0.3 is 0 Å². The SMILES string of the molecule is CCc1cc(Nc2cc(OCCO)nc(N3CCCC3c3cc(-c4cccnc4OC)no3)n2)n[nH]1. The van der Waals surface area contributed by atoms with Crippen LogP contribution < -0.4 is 19.7 Å². The molecule has 5 heterocycles. The van der Waals surface area contributed by atoms with Crippen molar-refractivity contribution in [3.05, 3.63) is 48.0 Å². The molecule has 0 amide bonds. The lowest BCUT2D eigenvalue weighted by Crippen LogP contribution is -2.25. The standard InChI is InChI=1S/C24H28N8O4/c1-3-15-12-21(30-29-15)26-20-14-22(35-11-10-33)28-24(27-20)32-9-5-7-18(32)19-13-17(31-36-19)16-6-4-8-25-23(16)34-2/h4,6,8,12-14,18,33H,3,5,7,9-11H2,1-2H3,(H2,26,27,28,29,30). The van der Waals surface area contributed by atoms with Gasteiger partial charge in [-0.1, -0.05) is 12.1 Å². The second kappa shape index (κ2) is 10.6. The number of aromatic nitrogens is 6. The highest BCUT2D eigenvalue weighted by Crippen LogP contribution is 2.38. The van der Waals surface area contributed by atoms with Gasteiger partial charge in [0.05, 0.1) is 25.3 Å². The molecule has 0 spiro atoms. The molecular weight excluding hydrogens is 464 g/mol. The van der Waals surface area contributed by atoms with E-state index in [0.29, 0.717) is 40.8 Å². The first-order valence-corrected chi connectivity index (χ1v) is 11.8. The van der Waals surface area contributed by atoms with Crippen LogP contribution >= 0.6 is 0 Å². The van der Waals surface area contributed by atoms with E-state index >= 15 is 0 Å². The summed E-state index contributed by atoms with van der Waals surface area (Å²) in [7, 11) is 1.58. The summed E-state index contributed by atoms with van der Waals surface area (Å²) in [4.78, 5) is 15.7. The molecule has 3 N–H and O–H groups in total. The minimum atomic E-state index is -0.119. The van der Waals surface area contributed by atoms with Crippen molar-refractivity contribution in [1.82, 2.24) is 30.3 Å². The van der Waals surface area contributed by atoms with E-state index in [0.717, 1.165) is 37.1 Å². The van der Waals surface area contributed by atoms with E-state index in [9.17, 15) is 5.11 Å². The zero-order valence-corrected chi connectivity index (χ0v) is 20.1. The number of anilines is 3. The van der Waals surface area contributed by atoms with Crippen LogP contribution in [0.25, 0.3) is 11.3 Å². The number of aliphatic hydroxyl groups excluding tert-OH is 1. The lowest BCUT2D eigenvalue weighted by molar-refractivity contribution is 0.196. The van der Waals surface area contributed by atoms with Gasteiger partial charge in [-0.2, -0.15) is 15.1 Å². The van der Waals surface area contributed by atoms with Crippen molar-refractivity contribution in [2.24, 2.45) is 0 Å². The Bertz CT molecular complexity index is 1310. The fourth-order valence-corrected chi connectivity index (χ4v) is 4.19. The average molecular weight is 493 g/mol. The Labute approximate surface area is 207 Å². The van der Waals surface area contributed by atoms with Crippen molar-refractivity contribution in [3.8, 4) is 23.0 Å². The first kappa shape index (κ1) is 23.5. The summed E-state index contributed by atoms with van der Waals surface area (Å²) >= 11 is 0. The Kier molecular flexibility index (Phi) is 6.94. The maximum atomic E-state index is 9.23. The second-order valence-electron chi connectivity index (χ2n) is 8.25. The third-order valence-electron chi connectivity index (χ3n) is 5.91. The molecule has 1 unspecified atom stereocenters. The Hall–Kier alpha value is -4.19. The Morgan fingerprint density at radius 2 is 2.17 bits per heavy atom. The van der Waals surface area contributed by atoms with Crippen molar-refractivity contribution in [1.29, 1.82) is 0 Å². The fraction of sp³-hybridized carbons (Fsp3) is 0.375. The van der Waals surface area contributed by atoms with Gasteiger partial charge in [-0.25, -0.2) is 4.98 Å². The van der Waals surface area contributed by atoms with E-state index in [1.54, 1.807) is 19.4 Å². The normalized spacial score (nSPS) is 15.3. The van der Waals surface area contributed by atoms with Crippen LogP contribution in [0.2, 0.25) is 0 Å². The highest BCUT2D eigenvalue weighted by atomic mass is 16.5. The van der Waals surface area contributed by atoms with Crippen LogP contribution in [0.3, 0.4) is 0 Å². The van der Waals surface area contributed by atoms with Gasteiger partial charge in [-0.15, -0.1) is 0 Å². The molecule has 12 heteroatoms. The first-order chi connectivity index (χ1) is 17.7. The van der Waals surface area contributed by atoms with Gasteiger partial charge in [-0.05, 0) is 31.4 Å². The van der Waals surface area contributed by atoms with Crippen LogP contribution in [0.1, 0.15) is 37.3 Å². The molecule has 1 saturated heterocycles. The van der Waals surface area contributed by atoms with Gasteiger partial charge in [0.2, 0.25) is 17.7 Å². The number of nitrogens with zero attached hydrogens (tertiary/aromatic N) is 6. The van der Waals surface area contributed by atoms with E-state index in [1.165, 1.54) is 0 Å². The lowest BCUT2D eigenvalue weighted by Gasteiger charge is -2.23. The molecule has 0 radical (unpaired) electrons. The first-order valence-electron chi connectivity index (χ1n) is 11.8. The van der Waals surface area contributed by atoms with Crippen LogP contribution in [-0.4, -0.2) is 62.3 Å². The zero-order valence-electron chi connectivity index (χ0n) is 20.1. The Balaban J connectivity index is 1.44. The molecule has 4 aromatic rings. The summed E-state index contributed by atoms with van der Waals surface area (Å²) in [5.74, 6) is 3.20. The predicted octanol–water partition coefficient (Wildman–Crippen LogP) is 3.28. The summed E-state index contributed by atoms with van der Waals surface area (Å²) in [6, 6.07) is 9.14. The third kappa shape index (κ3) is 4.93. The highest BCUT2D eigenvalue weighted by Gasteiger charge is 2.32. The number of hydrogen-bond acceptors (Lipinski definition) is 11. The number of aliphatic hydroxyl groups is 1. The number of rotatable bonds is 10. The number of pyridine rings is 1. The minimum absolute atomic E-state index is 0.105. The second-order valence-corrected chi connectivity index (χ2v) is 8.25. The molecule has 1 aliphatic rings. The van der Waals surface area contributed by atoms with Gasteiger partial charge < -0.3 is 29.3 Å². The van der Waals surface area contributed by atoms with E-state index in [1.807, 2.05) is 31.2 Å². The van der Waals surface area contributed by atoms with Crippen LogP contribution in [0, 0.1) is 0 Å². The van der Waals surface area contributed by atoms with E-state index in [4.69, 9.17) is 19.0 Å². The van der Waals surface area contributed by atoms with Crippen LogP contribution in [-0.2, 0) is 6.42 Å². The van der Waals surface area contributed by atoms with Crippen LogP contribution in [0.15, 0.2) is 41.1 Å². The fourth-order valence-electron chi connectivity index (χ4n) is 4.19. The summed E-state index contributed by atoms with van der Waals surface area (Å²) < 4.78 is 16.8. The van der Waals surface area contributed by atoms with E-state index < -0.39 is 0 Å². The molecular formula is C24H28N8O4. The van der Waals surface area contributed by atoms with E-state index in [-0.39, 0.29) is 19.3 Å². The molecule has 0 saturated carbocycles. The molecule has 4 aromatic heterocycles. The van der Waals surface area contributed by atoms with Crippen molar-refractivity contribution < 1.29 is 19.1 Å². The minimum Gasteiger partial charge on any atom is -0.481 e. The molecule has 12 nitrogen and oxygen atoms in total. The number of methoxy groups -OCH3 is 1. The summed E-state index contributed by atoms with van der Waals surface area (Å²) in [5.41, 5.74) is 2.41. The molecule has 0 aliphatic carbocycles. The average Bonchev–Trinajstić information content (AvgIpc) is 3.68. The van der Waals surface area contributed by atoms with Crippen molar-refractivity contribution in [3.63, 3.8) is 0 Å². The number of aryl methyl sites for hydroxylation is 1. The summed E-state index contributed by atoms with van der Waals surface area (Å²) in [6.07, 6.45) is 4.30. The molecule has 188 valence electrons. The van der Waals surface area contributed by atoms with Crippen molar-refractivity contribution in [2.45, 2.75) is 32.2 Å². The van der Waals surface area contributed by atoms with Gasteiger partial charge in [0.25, 0.3) is 0 Å². The molecule has 36 heavy (non-hydrogen) atoms. The third-order valence-corrected chi connectivity index (χ3v) is 5.91. The Morgan fingerprint density at radius 3 is 2.97 bits per heavy atom. The molecule has 1 aliphatic heterocycles. The lowest BCUT2D eigenvalue weighted by atomic mass is 10.1. The zero-order chi connectivity index (χ0) is 24.9. The van der Waals surface area contributed by atoms with E-state index in [2.05, 4.69) is 35.5 Å². The number of H-pyrrole nitrogens is 1. The van der Waals surface area contributed by atoms with Crippen LogP contribution in [0.4, 0.5) is 17.6 Å². The molecule has 5 rings (SSSR count). The van der Waals surface area contributed by atoms with Gasteiger partial charge in [0.1, 0.15) is 18.1 Å². The Morgan fingerprint density at radius 1 is 1.25 bits per heavy atom. The van der Waals surface area contributed by atoms with Crippen molar-refractivity contribution >= 4 is 17.6 Å².